The molecular weight excluding hydrogens is 554 g/mol. The number of halogens is 1. The van der Waals surface area contributed by atoms with E-state index in [0.29, 0.717) is 4.90 Å². The molecule has 1 N–H and O–H groups in total. The third-order valence-corrected chi connectivity index (χ3v) is 6.78. The number of anilines is 1. The van der Waals surface area contributed by atoms with Gasteiger partial charge in [-0.2, -0.15) is 8.42 Å². The highest BCUT2D eigenvalue weighted by molar-refractivity contribution is 7.87. The van der Waals surface area contributed by atoms with Gasteiger partial charge in [0, 0.05) is 12.1 Å². The summed E-state index contributed by atoms with van der Waals surface area (Å²) in [6, 6.07) is 13.6. The van der Waals surface area contributed by atoms with Crippen molar-refractivity contribution >= 4 is 57.0 Å². The molecule has 0 radical (unpaired) electrons. The fourth-order valence-electron chi connectivity index (χ4n) is 3.56. The van der Waals surface area contributed by atoms with Crippen molar-refractivity contribution in [2.24, 2.45) is 0 Å². The number of carbonyl (C=O) groups excluding carboxylic acids is 3. The zero-order chi connectivity index (χ0) is 28.3. The van der Waals surface area contributed by atoms with Crippen molar-refractivity contribution in [3.05, 3.63) is 93.0 Å². The number of hydrogen-bond donors (Lipinski definition) is 1. The lowest BCUT2D eigenvalue weighted by Gasteiger charge is -2.26. The molecule has 0 saturated carbocycles. The predicted molar refractivity (Wildman–Crippen MR) is 139 cm³/mol. The second-order valence-corrected chi connectivity index (χ2v) is 9.80. The number of carbonyl (C=O) groups is 3. The van der Waals surface area contributed by atoms with Gasteiger partial charge in [-0.1, -0.05) is 35.9 Å². The third kappa shape index (κ3) is 5.73. The van der Waals surface area contributed by atoms with Gasteiger partial charge in [0.2, 0.25) is 5.75 Å². The average molecular weight is 572 g/mol. The van der Waals surface area contributed by atoms with E-state index >= 15 is 0 Å². The van der Waals surface area contributed by atoms with Crippen LogP contribution in [0.1, 0.15) is 12.5 Å². The Morgan fingerprint density at radius 3 is 2.44 bits per heavy atom. The van der Waals surface area contributed by atoms with Crippen LogP contribution in [0.15, 0.2) is 77.2 Å². The lowest BCUT2D eigenvalue weighted by Crippen LogP contribution is -2.54. The monoisotopic (exact) mass is 571 g/mol. The number of urea groups is 1. The predicted octanol–water partition coefficient (Wildman–Crippen LogP) is 4.08. The Kier molecular flexibility index (Phi) is 7.65. The van der Waals surface area contributed by atoms with Crippen LogP contribution < -0.4 is 19.1 Å². The van der Waals surface area contributed by atoms with E-state index in [1.807, 2.05) is 5.32 Å². The van der Waals surface area contributed by atoms with Crippen LogP contribution in [0, 0.1) is 10.1 Å². The highest BCUT2D eigenvalue weighted by Gasteiger charge is 2.37. The third-order valence-electron chi connectivity index (χ3n) is 5.27. The number of rotatable bonds is 8. The molecule has 1 aliphatic heterocycles. The van der Waals surface area contributed by atoms with Gasteiger partial charge < -0.3 is 8.92 Å². The van der Waals surface area contributed by atoms with E-state index < -0.39 is 38.5 Å². The molecule has 200 valence electrons. The number of non-ortho nitro benzene ring substituents is 1. The average Bonchev–Trinajstić information content (AvgIpc) is 2.89. The van der Waals surface area contributed by atoms with Crippen molar-refractivity contribution in [1.29, 1.82) is 0 Å². The highest BCUT2D eigenvalue weighted by Crippen LogP contribution is 2.39. The molecule has 39 heavy (non-hydrogen) atoms. The van der Waals surface area contributed by atoms with Gasteiger partial charge in [-0.3, -0.25) is 25.0 Å². The number of amides is 4. The Labute approximate surface area is 226 Å². The van der Waals surface area contributed by atoms with Gasteiger partial charge in [0.15, 0.2) is 5.75 Å². The minimum absolute atomic E-state index is 0.0899. The second-order valence-electron chi connectivity index (χ2n) is 7.85. The molecular formula is C25H18ClN3O9S. The molecule has 1 fully saturated rings. The molecule has 1 heterocycles. The van der Waals surface area contributed by atoms with Gasteiger partial charge in [-0.05, 0) is 48.9 Å². The summed E-state index contributed by atoms with van der Waals surface area (Å²) < 4.78 is 36.2. The maximum atomic E-state index is 13.2. The minimum atomic E-state index is -4.28. The fourth-order valence-corrected chi connectivity index (χ4v) is 4.85. The van der Waals surface area contributed by atoms with E-state index in [4.69, 9.17) is 20.5 Å². The van der Waals surface area contributed by atoms with E-state index in [1.165, 1.54) is 54.6 Å². The number of ether oxygens (including phenoxy) is 1. The quantitative estimate of drug-likeness (QED) is 0.138. The van der Waals surface area contributed by atoms with Crippen molar-refractivity contribution in [1.82, 2.24) is 5.32 Å². The van der Waals surface area contributed by atoms with Gasteiger partial charge in [0.05, 0.1) is 22.2 Å². The van der Waals surface area contributed by atoms with Gasteiger partial charge >= 0.3 is 16.1 Å². The van der Waals surface area contributed by atoms with Crippen LogP contribution in [-0.4, -0.2) is 37.8 Å². The lowest BCUT2D eigenvalue weighted by molar-refractivity contribution is -0.384. The van der Waals surface area contributed by atoms with Gasteiger partial charge in [-0.25, -0.2) is 9.69 Å². The van der Waals surface area contributed by atoms with Crippen molar-refractivity contribution in [3.63, 3.8) is 0 Å². The van der Waals surface area contributed by atoms with Gasteiger partial charge in [0.25, 0.3) is 17.5 Å². The summed E-state index contributed by atoms with van der Waals surface area (Å²) in [5.74, 6) is -2.47. The van der Waals surface area contributed by atoms with E-state index in [-0.39, 0.29) is 45.0 Å². The normalized spacial score (nSPS) is 14.8. The summed E-state index contributed by atoms with van der Waals surface area (Å²) in [4.78, 5) is 49.1. The van der Waals surface area contributed by atoms with Crippen LogP contribution >= 0.6 is 11.6 Å². The summed E-state index contributed by atoms with van der Waals surface area (Å²) in [7, 11) is -4.28. The topological polar surface area (TPSA) is 162 Å². The van der Waals surface area contributed by atoms with Crippen molar-refractivity contribution in [2.75, 3.05) is 11.5 Å². The molecule has 14 heteroatoms. The first kappa shape index (κ1) is 27.3. The highest BCUT2D eigenvalue weighted by atomic mass is 35.5. The summed E-state index contributed by atoms with van der Waals surface area (Å²) in [6.45, 7) is 1.72. The first-order valence-corrected chi connectivity index (χ1v) is 12.9. The van der Waals surface area contributed by atoms with Crippen molar-refractivity contribution in [3.8, 4) is 11.5 Å². The maximum Gasteiger partial charge on any atom is 0.339 e. The molecule has 3 aromatic rings. The fraction of sp³-hybridized carbons (Fsp3) is 0.0800. The zero-order valence-electron chi connectivity index (χ0n) is 20.0. The number of benzene rings is 3. The summed E-state index contributed by atoms with van der Waals surface area (Å²) in [5, 5.41) is 12.9. The molecule has 0 spiro atoms. The minimum Gasteiger partial charge on any atom is -0.490 e. The number of nitro groups is 1. The number of barbiturate groups is 1. The molecule has 3 aromatic carbocycles. The maximum absolute atomic E-state index is 13.2. The number of nitro benzene ring substituents is 1. The number of nitrogens with zero attached hydrogens (tertiary/aromatic N) is 2. The number of hydrogen-bond acceptors (Lipinski definition) is 9. The SMILES string of the molecule is CCOc1cc(/C=C2\C(=O)NC(=O)N(c3cccc([N+](=O)[O-])c3)C2=O)cc(Cl)c1OS(=O)(=O)c1ccccc1. The Bertz CT molecular complexity index is 1640. The van der Waals surface area contributed by atoms with Crippen molar-refractivity contribution < 1.29 is 36.6 Å². The second kappa shape index (κ2) is 10.9. The Morgan fingerprint density at radius 1 is 1.05 bits per heavy atom. The molecule has 4 amide bonds. The summed E-state index contributed by atoms with van der Waals surface area (Å²) >= 11 is 6.34. The molecule has 0 aliphatic carbocycles. The van der Waals surface area contributed by atoms with Crippen LogP contribution in [0.4, 0.5) is 16.2 Å². The van der Waals surface area contributed by atoms with Gasteiger partial charge in [-0.15, -0.1) is 0 Å². The molecule has 4 rings (SSSR count). The summed E-state index contributed by atoms with van der Waals surface area (Å²) in [6.07, 6.45) is 1.11. The Hall–Kier alpha value is -4.75. The number of imide groups is 2. The van der Waals surface area contributed by atoms with Crippen LogP contribution in [0.5, 0.6) is 11.5 Å². The van der Waals surface area contributed by atoms with E-state index in [9.17, 15) is 32.9 Å². The van der Waals surface area contributed by atoms with E-state index in [0.717, 1.165) is 12.1 Å². The lowest BCUT2D eigenvalue weighted by atomic mass is 10.1. The van der Waals surface area contributed by atoms with Crippen LogP contribution in [-0.2, 0) is 19.7 Å². The molecule has 1 aliphatic rings. The smallest absolute Gasteiger partial charge is 0.339 e. The largest absolute Gasteiger partial charge is 0.490 e. The van der Waals surface area contributed by atoms with Crippen LogP contribution in [0.2, 0.25) is 5.02 Å². The number of nitrogens with one attached hydrogen (secondary N) is 1. The van der Waals surface area contributed by atoms with E-state index in [1.54, 1.807) is 13.0 Å². The molecule has 0 aromatic heterocycles. The molecule has 0 bridgehead atoms. The summed E-state index contributed by atoms with van der Waals surface area (Å²) in [5.41, 5.74) is -0.859. The van der Waals surface area contributed by atoms with E-state index in [2.05, 4.69) is 0 Å². The van der Waals surface area contributed by atoms with Crippen LogP contribution in [0.25, 0.3) is 6.08 Å². The standard InChI is InChI=1S/C25H18ClN3O9S/c1-2-37-21-13-15(12-20(26)22(21)38-39(35,36)18-9-4-3-5-10-18)11-19-23(30)27-25(32)28(24(19)31)16-7-6-8-17(14-16)29(33)34/h3-14H,2H2,1H3,(H,27,30,32)/b19-11+. The Balaban J connectivity index is 1.73. The van der Waals surface area contributed by atoms with Gasteiger partial charge in [0.1, 0.15) is 10.5 Å². The first-order valence-electron chi connectivity index (χ1n) is 11.1. The zero-order valence-corrected chi connectivity index (χ0v) is 21.6. The first-order chi connectivity index (χ1) is 18.5. The van der Waals surface area contributed by atoms with Crippen molar-refractivity contribution in [2.45, 2.75) is 11.8 Å². The Morgan fingerprint density at radius 2 is 1.77 bits per heavy atom. The van der Waals surface area contributed by atoms with Crippen LogP contribution in [0.3, 0.4) is 0 Å². The molecule has 12 nitrogen and oxygen atoms in total. The molecule has 0 unspecified atom stereocenters. The molecule has 1 saturated heterocycles. The molecule has 0 atom stereocenters.